The molecule has 0 aliphatic rings. The molecule has 5 rings (SSSR count). The third-order valence-electron chi connectivity index (χ3n) is 4.66. The number of aromatic nitrogens is 1. The van der Waals surface area contributed by atoms with Crippen molar-refractivity contribution in [2.75, 3.05) is 0 Å². The molecule has 0 aliphatic carbocycles. The second kappa shape index (κ2) is 5.13. The minimum atomic E-state index is 1.26. The van der Waals surface area contributed by atoms with Crippen molar-refractivity contribution >= 4 is 52.2 Å². The zero-order valence-corrected chi connectivity index (χ0v) is 15.2. The predicted molar refractivity (Wildman–Crippen MR) is 106 cm³/mol. The molecule has 1 nitrogen and oxygen atoms in total. The lowest BCUT2D eigenvalue weighted by Gasteiger charge is -2.04. The van der Waals surface area contributed by atoms with E-state index in [1.165, 1.54) is 46.4 Å². The van der Waals surface area contributed by atoms with Crippen LogP contribution in [-0.2, 0) is 7.05 Å². The molecule has 116 valence electrons. The van der Waals surface area contributed by atoms with Crippen LogP contribution in [0.5, 0.6) is 0 Å². The summed E-state index contributed by atoms with van der Waals surface area (Å²) in [6.07, 6.45) is 2.11. The number of nitrogens with zero attached hydrogens (tertiary/aromatic N) is 1. The molecule has 0 bridgehead atoms. The van der Waals surface area contributed by atoms with Gasteiger partial charge in [-0.15, -0.1) is 22.7 Å². The second-order valence-electron chi connectivity index (χ2n) is 6.22. The Labute approximate surface area is 148 Å². The Bertz CT molecular complexity index is 1230. The summed E-state index contributed by atoms with van der Waals surface area (Å²) in [6.45, 7) is 2.22. The Balaban J connectivity index is 1.85. The van der Waals surface area contributed by atoms with Gasteiger partial charge in [-0.1, -0.05) is 18.2 Å². The van der Waals surface area contributed by atoms with Gasteiger partial charge in [-0.2, -0.15) is 0 Å². The Hall–Kier alpha value is -2.23. The van der Waals surface area contributed by atoms with Crippen molar-refractivity contribution in [3.05, 3.63) is 66.4 Å². The van der Waals surface area contributed by atoms with E-state index in [1.54, 1.807) is 0 Å². The van der Waals surface area contributed by atoms with Crippen LogP contribution in [0.1, 0.15) is 5.56 Å². The number of rotatable bonds is 1. The molecule has 5 aromatic rings. The first-order valence-corrected chi connectivity index (χ1v) is 9.65. The average molecular weight is 347 g/mol. The highest BCUT2D eigenvalue weighted by atomic mass is 32.1. The SMILES string of the molecule is Cc1cc2c(cc1-c1cccc[n+]1C)sc1c3ccccc3sc21. The van der Waals surface area contributed by atoms with Crippen molar-refractivity contribution in [1.29, 1.82) is 0 Å². The molecule has 0 amide bonds. The summed E-state index contributed by atoms with van der Waals surface area (Å²) in [7, 11) is 2.11. The first-order valence-electron chi connectivity index (χ1n) is 8.02. The van der Waals surface area contributed by atoms with E-state index in [0.29, 0.717) is 0 Å². The number of fused-ring (bicyclic) bond motifs is 5. The zero-order chi connectivity index (χ0) is 16.3. The van der Waals surface area contributed by atoms with Gasteiger partial charge in [-0.3, -0.25) is 0 Å². The Kier molecular flexibility index (Phi) is 3.02. The summed E-state index contributed by atoms with van der Waals surface area (Å²) < 4.78 is 7.82. The molecule has 0 N–H and O–H groups in total. The highest BCUT2D eigenvalue weighted by molar-refractivity contribution is 7.36. The van der Waals surface area contributed by atoms with Gasteiger partial charge in [0.05, 0.1) is 15.0 Å². The van der Waals surface area contributed by atoms with Crippen molar-refractivity contribution in [3.8, 4) is 11.3 Å². The molecule has 0 saturated carbocycles. The van der Waals surface area contributed by atoms with Gasteiger partial charge in [0.25, 0.3) is 0 Å². The van der Waals surface area contributed by atoms with Crippen LogP contribution in [-0.4, -0.2) is 0 Å². The van der Waals surface area contributed by atoms with Crippen molar-refractivity contribution in [2.45, 2.75) is 6.92 Å². The summed E-state index contributed by atoms with van der Waals surface area (Å²) >= 11 is 3.84. The van der Waals surface area contributed by atoms with Crippen molar-refractivity contribution in [3.63, 3.8) is 0 Å². The summed E-state index contributed by atoms with van der Waals surface area (Å²) in [5.41, 5.74) is 3.92. The predicted octanol–water partition coefficient (Wildman–Crippen LogP) is 6.07. The molecule has 24 heavy (non-hydrogen) atoms. The van der Waals surface area contributed by atoms with Crippen LogP contribution < -0.4 is 4.57 Å². The summed E-state index contributed by atoms with van der Waals surface area (Å²) in [5, 5.41) is 2.79. The maximum Gasteiger partial charge on any atom is 0.212 e. The fourth-order valence-corrected chi connectivity index (χ4v) is 6.10. The van der Waals surface area contributed by atoms with Gasteiger partial charge in [0.15, 0.2) is 6.20 Å². The number of thiophene rings is 2. The molecule has 2 aromatic carbocycles. The van der Waals surface area contributed by atoms with Gasteiger partial charge in [0.2, 0.25) is 5.69 Å². The van der Waals surface area contributed by atoms with Crippen molar-refractivity contribution < 1.29 is 4.57 Å². The Morgan fingerprint density at radius 1 is 0.792 bits per heavy atom. The van der Waals surface area contributed by atoms with E-state index in [4.69, 9.17) is 0 Å². The molecule has 0 unspecified atom stereocenters. The van der Waals surface area contributed by atoms with Crippen LogP contribution in [0.2, 0.25) is 0 Å². The molecule has 0 radical (unpaired) electrons. The Morgan fingerprint density at radius 2 is 1.54 bits per heavy atom. The fraction of sp³-hybridized carbons (Fsp3) is 0.0952. The van der Waals surface area contributed by atoms with Gasteiger partial charge in [0, 0.05) is 32.3 Å². The lowest BCUT2D eigenvalue weighted by Crippen LogP contribution is -2.30. The van der Waals surface area contributed by atoms with Gasteiger partial charge >= 0.3 is 0 Å². The molecule has 0 spiro atoms. The molecular weight excluding hydrogens is 330 g/mol. The average Bonchev–Trinajstić information content (AvgIpc) is 3.11. The number of aryl methyl sites for hydroxylation is 2. The summed E-state index contributed by atoms with van der Waals surface area (Å²) in [5.74, 6) is 0. The van der Waals surface area contributed by atoms with E-state index in [1.807, 2.05) is 22.7 Å². The molecule has 3 heteroatoms. The molecule has 0 fully saturated rings. The smallest absolute Gasteiger partial charge is 0.201 e. The molecule has 0 atom stereocenters. The van der Waals surface area contributed by atoms with E-state index >= 15 is 0 Å². The first-order chi connectivity index (χ1) is 11.7. The highest BCUT2D eigenvalue weighted by Gasteiger charge is 2.17. The molecule has 3 heterocycles. The number of pyridine rings is 1. The number of hydrogen-bond acceptors (Lipinski definition) is 2. The largest absolute Gasteiger partial charge is 0.212 e. The molecular formula is C21H16NS2+. The standard InChI is InChI=1S/C21H16NS2/c1-13-11-16-19(12-15(13)17-8-5-6-10-22(17)2)24-20-14-7-3-4-9-18(14)23-21(16)20/h3-12H,1-2H3/q+1. The monoisotopic (exact) mass is 346 g/mol. The zero-order valence-electron chi connectivity index (χ0n) is 13.5. The number of benzene rings is 2. The third-order valence-corrected chi connectivity index (χ3v) is 7.18. The topological polar surface area (TPSA) is 3.88 Å². The maximum absolute atomic E-state index is 2.37. The first kappa shape index (κ1) is 14.1. The second-order valence-corrected chi connectivity index (χ2v) is 8.32. The molecule has 0 aliphatic heterocycles. The van der Waals surface area contributed by atoms with E-state index in [9.17, 15) is 0 Å². The summed E-state index contributed by atoms with van der Waals surface area (Å²) in [6, 6.07) is 19.8. The van der Waals surface area contributed by atoms with Gasteiger partial charge in [0.1, 0.15) is 7.05 Å². The minimum absolute atomic E-state index is 1.26. The van der Waals surface area contributed by atoms with Crippen LogP contribution in [0.3, 0.4) is 0 Å². The van der Waals surface area contributed by atoms with E-state index < -0.39 is 0 Å². The highest BCUT2D eigenvalue weighted by Crippen LogP contribution is 2.45. The third kappa shape index (κ3) is 1.95. The Morgan fingerprint density at radius 3 is 2.42 bits per heavy atom. The fourth-order valence-electron chi connectivity index (χ4n) is 3.44. The normalized spacial score (nSPS) is 11.8. The van der Waals surface area contributed by atoms with Crippen LogP contribution in [0.15, 0.2) is 60.8 Å². The van der Waals surface area contributed by atoms with Gasteiger partial charge in [-0.25, -0.2) is 4.57 Å². The van der Waals surface area contributed by atoms with E-state index in [0.717, 1.165) is 0 Å². The van der Waals surface area contributed by atoms with E-state index in [-0.39, 0.29) is 0 Å². The maximum atomic E-state index is 2.37. The quantitative estimate of drug-likeness (QED) is 0.324. The van der Waals surface area contributed by atoms with Crippen LogP contribution >= 0.6 is 22.7 Å². The van der Waals surface area contributed by atoms with E-state index in [2.05, 4.69) is 79.3 Å². The van der Waals surface area contributed by atoms with Crippen LogP contribution in [0.4, 0.5) is 0 Å². The van der Waals surface area contributed by atoms with Crippen molar-refractivity contribution in [1.82, 2.24) is 0 Å². The van der Waals surface area contributed by atoms with Crippen LogP contribution in [0.25, 0.3) is 40.8 Å². The van der Waals surface area contributed by atoms with Gasteiger partial charge in [-0.05, 0) is 36.8 Å². The summed E-state index contributed by atoms with van der Waals surface area (Å²) in [4.78, 5) is 0. The number of hydrogen-bond donors (Lipinski definition) is 0. The van der Waals surface area contributed by atoms with Gasteiger partial charge < -0.3 is 0 Å². The minimum Gasteiger partial charge on any atom is -0.201 e. The molecule has 0 saturated heterocycles. The lowest BCUT2D eigenvalue weighted by atomic mass is 10.0. The van der Waals surface area contributed by atoms with Crippen LogP contribution in [0, 0.1) is 6.92 Å². The molecule has 3 aromatic heterocycles. The lowest BCUT2D eigenvalue weighted by molar-refractivity contribution is -0.660. The van der Waals surface area contributed by atoms with Crippen molar-refractivity contribution in [2.24, 2.45) is 7.05 Å².